The lowest BCUT2D eigenvalue weighted by Gasteiger charge is -2.52. The molecule has 3 heteroatoms. The minimum Gasteiger partial charge on any atom is -0.333 e. The van der Waals surface area contributed by atoms with Gasteiger partial charge >= 0.3 is 6.03 Å². The van der Waals surface area contributed by atoms with Crippen LogP contribution in [0.1, 0.15) is 48.5 Å². The van der Waals surface area contributed by atoms with E-state index in [1.165, 1.54) is 0 Å². The van der Waals surface area contributed by atoms with Gasteiger partial charge in [0.15, 0.2) is 0 Å². The Kier molecular flexibility index (Phi) is 3.56. The van der Waals surface area contributed by atoms with E-state index >= 15 is 0 Å². The van der Waals surface area contributed by atoms with Crippen molar-refractivity contribution in [1.82, 2.24) is 10.2 Å². The molecule has 0 aromatic carbocycles. The molecule has 2 atom stereocenters. The molecule has 1 saturated heterocycles. The Bertz CT molecular complexity index is 271. The first-order valence-electron chi connectivity index (χ1n) is 6.29. The summed E-state index contributed by atoms with van der Waals surface area (Å²) < 4.78 is 0. The molecule has 3 nitrogen and oxygen atoms in total. The molecule has 1 aliphatic rings. The number of carbonyl (C=O) groups is 1. The van der Waals surface area contributed by atoms with Crippen molar-refractivity contribution < 1.29 is 4.79 Å². The Hall–Kier alpha value is -0.730. The molecule has 0 saturated carbocycles. The number of hydrogen-bond donors (Lipinski definition) is 1. The van der Waals surface area contributed by atoms with Crippen LogP contribution < -0.4 is 5.32 Å². The van der Waals surface area contributed by atoms with E-state index in [0.29, 0.717) is 17.9 Å². The van der Waals surface area contributed by atoms with Crippen LogP contribution in [-0.4, -0.2) is 28.6 Å². The second-order valence-corrected chi connectivity index (χ2v) is 6.16. The van der Waals surface area contributed by atoms with Crippen molar-refractivity contribution in [3.8, 4) is 0 Å². The molecule has 0 radical (unpaired) electrons. The predicted octanol–water partition coefficient (Wildman–Crippen LogP) is 2.86. The Morgan fingerprint density at radius 3 is 2.12 bits per heavy atom. The SMILES string of the molecule is CC(C)C1C(C)N(C(C)C)C(=O)NC1(C)C. The Morgan fingerprint density at radius 2 is 1.75 bits per heavy atom. The van der Waals surface area contributed by atoms with E-state index in [-0.39, 0.29) is 17.6 Å². The Balaban J connectivity index is 3.03. The maximum absolute atomic E-state index is 12.0. The van der Waals surface area contributed by atoms with Gasteiger partial charge in [-0.2, -0.15) is 0 Å². The molecule has 1 fully saturated rings. The van der Waals surface area contributed by atoms with E-state index in [1.54, 1.807) is 0 Å². The number of urea groups is 1. The van der Waals surface area contributed by atoms with Gasteiger partial charge in [-0.1, -0.05) is 13.8 Å². The van der Waals surface area contributed by atoms with Crippen molar-refractivity contribution in [2.75, 3.05) is 0 Å². The van der Waals surface area contributed by atoms with Gasteiger partial charge in [-0.15, -0.1) is 0 Å². The van der Waals surface area contributed by atoms with Crippen molar-refractivity contribution in [3.63, 3.8) is 0 Å². The van der Waals surface area contributed by atoms with Crippen molar-refractivity contribution in [2.24, 2.45) is 11.8 Å². The van der Waals surface area contributed by atoms with Gasteiger partial charge in [0.25, 0.3) is 0 Å². The summed E-state index contributed by atoms with van der Waals surface area (Å²) in [7, 11) is 0. The Morgan fingerprint density at radius 1 is 1.25 bits per heavy atom. The minimum atomic E-state index is -0.115. The number of rotatable bonds is 2. The molecule has 0 spiro atoms. The monoisotopic (exact) mass is 226 g/mol. The van der Waals surface area contributed by atoms with E-state index < -0.39 is 0 Å². The van der Waals surface area contributed by atoms with Crippen molar-refractivity contribution in [1.29, 1.82) is 0 Å². The van der Waals surface area contributed by atoms with Crippen LogP contribution in [0.4, 0.5) is 4.79 Å². The van der Waals surface area contributed by atoms with E-state index in [9.17, 15) is 4.79 Å². The number of amides is 2. The summed E-state index contributed by atoms with van der Waals surface area (Å²) in [5.74, 6) is 1.04. The van der Waals surface area contributed by atoms with Gasteiger partial charge in [0.05, 0.1) is 0 Å². The summed E-state index contributed by atoms with van der Waals surface area (Å²) in [6.45, 7) is 15.0. The van der Waals surface area contributed by atoms with Crippen LogP contribution in [0.2, 0.25) is 0 Å². The molecule has 2 unspecified atom stereocenters. The summed E-state index contributed by atoms with van der Waals surface area (Å²) in [5, 5.41) is 3.14. The van der Waals surface area contributed by atoms with Gasteiger partial charge in [-0.3, -0.25) is 0 Å². The lowest BCUT2D eigenvalue weighted by Crippen LogP contribution is -2.68. The summed E-state index contributed by atoms with van der Waals surface area (Å²) in [6.07, 6.45) is 0. The van der Waals surface area contributed by atoms with Crippen molar-refractivity contribution in [3.05, 3.63) is 0 Å². The highest BCUT2D eigenvalue weighted by molar-refractivity contribution is 5.77. The summed E-state index contributed by atoms with van der Waals surface area (Å²) in [5.41, 5.74) is -0.115. The topological polar surface area (TPSA) is 32.3 Å². The first-order valence-corrected chi connectivity index (χ1v) is 6.29. The molecule has 0 bridgehead atoms. The zero-order valence-electron chi connectivity index (χ0n) is 11.7. The smallest absolute Gasteiger partial charge is 0.318 e. The third-order valence-corrected chi connectivity index (χ3v) is 3.73. The predicted molar refractivity (Wildman–Crippen MR) is 67.4 cm³/mol. The van der Waals surface area contributed by atoms with Gasteiger partial charge in [-0.05, 0) is 40.5 Å². The third-order valence-electron chi connectivity index (χ3n) is 3.73. The number of nitrogens with one attached hydrogen (secondary N) is 1. The van der Waals surface area contributed by atoms with Crippen molar-refractivity contribution in [2.45, 2.75) is 66.1 Å². The van der Waals surface area contributed by atoms with E-state index in [0.717, 1.165) is 0 Å². The van der Waals surface area contributed by atoms with Gasteiger partial charge in [-0.25, -0.2) is 4.79 Å². The molecule has 1 N–H and O–H groups in total. The molecule has 2 amide bonds. The normalized spacial score (nSPS) is 29.8. The Labute approximate surface area is 99.6 Å². The maximum Gasteiger partial charge on any atom is 0.318 e. The van der Waals surface area contributed by atoms with Crippen LogP contribution in [0.3, 0.4) is 0 Å². The molecule has 1 heterocycles. The molecule has 16 heavy (non-hydrogen) atoms. The average molecular weight is 226 g/mol. The standard InChI is InChI=1S/C13H26N2O/c1-8(2)11-10(5)15(9(3)4)12(16)14-13(11,6)7/h8-11H,1-7H3,(H,14,16). The molecule has 0 aliphatic carbocycles. The zero-order valence-corrected chi connectivity index (χ0v) is 11.7. The number of hydrogen-bond acceptors (Lipinski definition) is 1. The largest absolute Gasteiger partial charge is 0.333 e. The number of nitrogens with zero attached hydrogens (tertiary/aromatic N) is 1. The maximum atomic E-state index is 12.0. The fourth-order valence-electron chi connectivity index (χ4n) is 3.48. The average Bonchev–Trinajstić information content (AvgIpc) is 1.97. The highest BCUT2D eigenvalue weighted by Gasteiger charge is 2.46. The van der Waals surface area contributed by atoms with Gasteiger partial charge in [0, 0.05) is 23.5 Å². The summed E-state index contributed by atoms with van der Waals surface area (Å²) >= 11 is 0. The minimum absolute atomic E-state index is 0.0735. The van der Waals surface area contributed by atoms with E-state index in [1.807, 2.05) is 4.90 Å². The third kappa shape index (κ3) is 2.18. The lowest BCUT2D eigenvalue weighted by atomic mass is 9.73. The van der Waals surface area contributed by atoms with Crippen LogP contribution in [0, 0.1) is 11.8 Å². The lowest BCUT2D eigenvalue weighted by molar-refractivity contribution is 0.0344. The van der Waals surface area contributed by atoms with Gasteiger partial charge in [0.1, 0.15) is 0 Å². The highest BCUT2D eigenvalue weighted by Crippen LogP contribution is 2.35. The van der Waals surface area contributed by atoms with Gasteiger partial charge < -0.3 is 10.2 Å². The van der Waals surface area contributed by atoms with E-state index in [4.69, 9.17) is 0 Å². The van der Waals surface area contributed by atoms with Crippen molar-refractivity contribution >= 4 is 6.03 Å². The first kappa shape index (κ1) is 13.3. The fourth-order valence-corrected chi connectivity index (χ4v) is 3.48. The van der Waals surface area contributed by atoms with Gasteiger partial charge in [0.2, 0.25) is 0 Å². The molecule has 1 rings (SSSR count). The second kappa shape index (κ2) is 4.27. The molecule has 0 aromatic heterocycles. The van der Waals surface area contributed by atoms with Crippen LogP contribution >= 0.6 is 0 Å². The van der Waals surface area contributed by atoms with Crippen LogP contribution in [0.15, 0.2) is 0 Å². The quantitative estimate of drug-likeness (QED) is 0.771. The van der Waals surface area contributed by atoms with Crippen LogP contribution in [-0.2, 0) is 0 Å². The molecule has 1 aliphatic heterocycles. The first-order chi connectivity index (χ1) is 7.18. The zero-order chi connectivity index (χ0) is 12.7. The summed E-state index contributed by atoms with van der Waals surface area (Å²) in [4.78, 5) is 14.0. The van der Waals surface area contributed by atoms with Crippen LogP contribution in [0.5, 0.6) is 0 Å². The molecule has 0 aromatic rings. The number of carbonyl (C=O) groups excluding carboxylic acids is 1. The summed E-state index contributed by atoms with van der Waals surface area (Å²) in [6, 6.07) is 0.625. The highest BCUT2D eigenvalue weighted by atomic mass is 16.2. The fraction of sp³-hybridized carbons (Fsp3) is 0.923. The molecular formula is C13H26N2O. The second-order valence-electron chi connectivity index (χ2n) is 6.16. The van der Waals surface area contributed by atoms with E-state index in [2.05, 4.69) is 53.8 Å². The van der Waals surface area contributed by atoms with Crippen LogP contribution in [0.25, 0.3) is 0 Å². The molecule has 94 valence electrons. The molecular weight excluding hydrogens is 200 g/mol.